The molecule has 100 valence electrons. The molecule has 1 aromatic rings. The Morgan fingerprint density at radius 3 is 2.68 bits per heavy atom. The lowest BCUT2D eigenvalue weighted by Gasteiger charge is -2.27. The summed E-state index contributed by atoms with van der Waals surface area (Å²) in [5.74, 6) is 7.53. The van der Waals surface area contributed by atoms with Gasteiger partial charge in [0.05, 0.1) is 6.54 Å². The normalized spacial score (nSPS) is 20.4. The molecule has 0 amide bonds. The summed E-state index contributed by atoms with van der Waals surface area (Å²) in [6.45, 7) is 5.35. The van der Waals surface area contributed by atoms with Crippen LogP contribution in [0.3, 0.4) is 0 Å². The zero-order valence-electron chi connectivity index (χ0n) is 11.5. The molecule has 3 rings (SSSR count). The minimum absolute atomic E-state index is 0.768. The fraction of sp³-hybridized carbons (Fsp3) is 0.529. The van der Waals surface area contributed by atoms with Gasteiger partial charge in [-0.05, 0) is 30.4 Å². The van der Waals surface area contributed by atoms with Crippen LogP contribution in [0.1, 0.15) is 36.3 Å². The van der Waals surface area contributed by atoms with Crippen LogP contribution in [0.5, 0.6) is 0 Å². The lowest BCUT2D eigenvalue weighted by molar-refractivity contribution is 0.268. The molecule has 1 heterocycles. The first-order valence-corrected chi connectivity index (χ1v) is 7.44. The highest BCUT2D eigenvalue weighted by Crippen LogP contribution is 2.37. The molecule has 1 N–H and O–H groups in total. The minimum Gasteiger partial charge on any atom is -0.314 e. The lowest BCUT2D eigenvalue weighted by atomic mass is 9.78. The van der Waals surface area contributed by atoms with Gasteiger partial charge < -0.3 is 5.32 Å². The first-order valence-electron chi connectivity index (χ1n) is 7.44. The predicted molar refractivity (Wildman–Crippen MR) is 79.2 cm³/mol. The molecule has 2 nitrogen and oxygen atoms in total. The summed E-state index contributed by atoms with van der Waals surface area (Å²) in [5, 5.41) is 3.37. The molecule has 2 heteroatoms. The molecule has 0 aromatic heterocycles. The highest BCUT2D eigenvalue weighted by molar-refractivity contribution is 5.44. The molecule has 1 aliphatic carbocycles. The van der Waals surface area contributed by atoms with Crippen molar-refractivity contribution in [2.75, 3.05) is 32.7 Å². The van der Waals surface area contributed by atoms with E-state index in [-0.39, 0.29) is 0 Å². The van der Waals surface area contributed by atoms with E-state index >= 15 is 0 Å². The molecule has 1 saturated carbocycles. The Kier molecular flexibility index (Phi) is 4.17. The molecule has 19 heavy (non-hydrogen) atoms. The molecule has 0 atom stereocenters. The molecular weight excluding hydrogens is 232 g/mol. The zero-order valence-corrected chi connectivity index (χ0v) is 11.5. The average molecular weight is 254 g/mol. The van der Waals surface area contributed by atoms with Crippen LogP contribution >= 0.6 is 0 Å². The second kappa shape index (κ2) is 6.23. The van der Waals surface area contributed by atoms with E-state index in [1.54, 1.807) is 0 Å². The van der Waals surface area contributed by atoms with Gasteiger partial charge in [0.25, 0.3) is 0 Å². The van der Waals surface area contributed by atoms with Crippen molar-refractivity contribution >= 4 is 0 Å². The molecule has 2 fully saturated rings. The molecule has 0 radical (unpaired) electrons. The van der Waals surface area contributed by atoms with Gasteiger partial charge >= 0.3 is 0 Å². The Morgan fingerprint density at radius 1 is 1.16 bits per heavy atom. The molecule has 1 saturated heterocycles. The van der Waals surface area contributed by atoms with Gasteiger partial charge in [0.1, 0.15) is 0 Å². The number of nitrogens with one attached hydrogen (secondary N) is 1. The standard InChI is InChI=1S/C17H22N2/c1-2-9-17(16-6-3-7-16)15(5-1)8-4-12-19-13-10-18-11-14-19/h1-2,5,9,16,18H,3,6-7,10-14H2. The van der Waals surface area contributed by atoms with E-state index in [9.17, 15) is 0 Å². The number of rotatable bonds is 2. The Morgan fingerprint density at radius 2 is 1.95 bits per heavy atom. The highest BCUT2D eigenvalue weighted by atomic mass is 15.2. The number of hydrogen-bond acceptors (Lipinski definition) is 2. The number of piperazine rings is 1. The summed E-state index contributed by atoms with van der Waals surface area (Å²) in [6.07, 6.45) is 4.07. The second-order valence-corrected chi connectivity index (χ2v) is 5.54. The van der Waals surface area contributed by atoms with Gasteiger partial charge in [-0.25, -0.2) is 0 Å². The fourth-order valence-electron chi connectivity index (χ4n) is 2.80. The van der Waals surface area contributed by atoms with Gasteiger partial charge in [0.2, 0.25) is 0 Å². The van der Waals surface area contributed by atoms with Crippen molar-refractivity contribution in [1.82, 2.24) is 10.2 Å². The third-order valence-electron chi connectivity index (χ3n) is 4.24. The summed E-state index contributed by atoms with van der Waals surface area (Å²) in [7, 11) is 0. The van der Waals surface area contributed by atoms with E-state index < -0.39 is 0 Å². The Balaban J connectivity index is 1.65. The maximum absolute atomic E-state index is 3.40. The predicted octanol–water partition coefficient (Wildman–Crippen LogP) is 2.21. The van der Waals surface area contributed by atoms with E-state index in [0.29, 0.717) is 0 Å². The quantitative estimate of drug-likeness (QED) is 0.814. The van der Waals surface area contributed by atoms with Crippen molar-refractivity contribution in [2.45, 2.75) is 25.2 Å². The zero-order chi connectivity index (χ0) is 12.9. The van der Waals surface area contributed by atoms with E-state index in [2.05, 4.69) is 46.3 Å². The molecule has 2 aliphatic rings. The minimum atomic E-state index is 0.768. The summed E-state index contributed by atoms with van der Waals surface area (Å²) in [6, 6.07) is 8.70. The molecule has 1 aromatic carbocycles. The number of benzene rings is 1. The van der Waals surface area contributed by atoms with Crippen LogP contribution in [0.2, 0.25) is 0 Å². The van der Waals surface area contributed by atoms with Crippen molar-refractivity contribution < 1.29 is 0 Å². The van der Waals surface area contributed by atoms with Crippen molar-refractivity contribution in [3.8, 4) is 11.8 Å². The van der Waals surface area contributed by atoms with Crippen LogP contribution in [0.4, 0.5) is 0 Å². The van der Waals surface area contributed by atoms with Crippen LogP contribution in [-0.4, -0.2) is 37.6 Å². The van der Waals surface area contributed by atoms with Crippen molar-refractivity contribution in [1.29, 1.82) is 0 Å². The van der Waals surface area contributed by atoms with Gasteiger partial charge in [0, 0.05) is 31.7 Å². The highest BCUT2D eigenvalue weighted by Gasteiger charge is 2.21. The third kappa shape index (κ3) is 3.18. The van der Waals surface area contributed by atoms with Gasteiger partial charge in [-0.3, -0.25) is 4.90 Å². The van der Waals surface area contributed by atoms with Crippen molar-refractivity contribution in [3.05, 3.63) is 35.4 Å². The van der Waals surface area contributed by atoms with Gasteiger partial charge in [-0.15, -0.1) is 0 Å². The largest absolute Gasteiger partial charge is 0.314 e. The first kappa shape index (κ1) is 12.7. The summed E-state index contributed by atoms with van der Waals surface area (Å²) in [5.41, 5.74) is 2.73. The van der Waals surface area contributed by atoms with E-state index in [4.69, 9.17) is 0 Å². The van der Waals surface area contributed by atoms with Crippen LogP contribution in [0.25, 0.3) is 0 Å². The van der Waals surface area contributed by atoms with Gasteiger partial charge in [0.15, 0.2) is 0 Å². The van der Waals surface area contributed by atoms with Crippen LogP contribution in [0, 0.1) is 11.8 Å². The molecule has 1 aliphatic heterocycles. The van der Waals surface area contributed by atoms with E-state index in [1.807, 2.05) is 0 Å². The van der Waals surface area contributed by atoms with Gasteiger partial charge in [-0.2, -0.15) is 0 Å². The smallest absolute Gasteiger partial charge is 0.0606 e. The summed E-state index contributed by atoms with van der Waals surface area (Å²) in [4.78, 5) is 2.43. The third-order valence-corrected chi connectivity index (χ3v) is 4.24. The first-order chi connectivity index (χ1) is 9.43. The van der Waals surface area contributed by atoms with Crippen molar-refractivity contribution in [3.63, 3.8) is 0 Å². The summed E-state index contributed by atoms with van der Waals surface area (Å²) < 4.78 is 0. The fourth-order valence-corrected chi connectivity index (χ4v) is 2.80. The maximum Gasteiger partial charge on any atom is 0.0606 e. The van der Waals surface area contributed by atoms with Crippen LogP contribution in [-0.2, 0) is 0 Å². The lowest BCUT2D eigenvalue weighted by Crippen LogP contribution is -2.43. The number of nitrogens with zero attached hydrogens (tertiary/aromatic N) is 1. The molecule has 0 bridgehead atoms. The maximum atomic E-state index is 3.40. The second-order valence-electron chi connectivity index (χ2n) is 5.54. The topological polar surface area (TPSA) is 15.3 Å². The van der Waals surface area contributed by atoms with Gasteiger partial charge in [-0.1, -0.05) is 36.5 Å². The molecular formula is C17H22N2. The number of hydrogen-bond donors (Lipinski definition) is 1. The Hall–Kier alpha value is -1.30. The van der Waals surface area contributed by atoms with E-state index in [0.717, 1.165) is 38.6 Å². The molecule has 0 unspecified atom stereocenters. The Labute approximate surface area is 116 Å². The monoisotopic (exact) mass is 254 g/mol. The van der Waals surface area contributed by atoms with Crippen LogP contribution < -0.4 is 5.32 Å². The SMILES string of the molecule is C(#Cc1ccccc1C1CCC1)CN1CCNCC1. The van der Waals surface area contributed by atoms with Crippen LogP contribution in [0.15, 0.2) is 24.3 Å². The average Bonchev–Trinajstić information content (AvgIpc) is 2.40. The van der Waals surface area contributed by atoms with E-state index in [1.165, 1.54) is 30.4 Å². The molecule has 0 spiro atoms. The summed E-state index contributed by atoms with van der Waals surface area (Å²) >= 11 is 0. The Bertz CT molecular complexity index is 474. The van der Waals surface area contributed by atoms with Crippen molar-refractivity contribution in [2.24, 2.45) is 0 Å².